The number of hydrogen-bond acceptors (Lipinski definition) is 2. The fraction of sp³-hybridized carbons (Fsp3) is 1.00. The van der Waals surface area contributed by atoms with Crippen LogP contribution in [-0.4, -0.2) is 19.5 Å². The van der Waals surface area contributed by atoms with Crippen molar-refractivity contribution in [2.75, 3.05) is 13.4 Å². The van der Waals surface area contributed by atoms with Crippen molar-refractivity contribution in [1.82, 2.24) is 0 Å². The molecular formula is C6H12O2. The molecule has 0 aromatic carbocycles. The van der Waals surface area contributed by atoms with Crippen molar-refractivity contribution in [3.8, 4) is 0 Å². The number of rotatable bonds is 2. The first-order chi connectivity index (χ1) is 3.93. The Bertz CT molecular complexity index is 57.5. The molecule has 1 fully saturated rings. The average molecular weight is 116 g/mol. The molecule has 1 aliphatic rings. The maximum atomic E-state index is 5.17. The SMILES string of the molecule is CCCC1COCO1. The maximum Gasteiger partial charge on any atom is 0.147 e. The molecule has 0 amide bonds. The van der Waals surface area contributed by atoms with Gasteiger partial charge in [-0.3, -0.25) is 0 Å². The molecule has 0 aromatic rings. The van der Waals surface area contributed by atoms with E-state index in [2.05, 4.69) is 6.92 Å². The smallest absolute Gasteiger partial charge is 0.147 e. The third-order valence-corrected chi connectivity index (χ3v) is 1.30. The van der Waals surface area contributed by atoms with E-state index < -0.39 is 0 Å². The van der Waals surface area contributed by atoms with E-state index in [1.807, 2.05) is 0 Å². The van der Waals surface area contributed by atoms with Crippen LogP contribution in [0, 0.1) is 0 Å². The van der Waals surface area contributed by atoms with Crippen molar-refractivity contribution in [2.45, 2.75) is 25.9 Å². The highest BCUT2D eigenvalue weighted by Gasteiger charge is 2.13. The van der Waals surface area contributed by atoms with E-state index in [0.29, 0.717) is 12.9 Å². The predicted octanol–water partition coefficient (Wildman–Crippen LogP) is 1.16. The van der Waals surface area contributed by atoms with Crippen LogP contribution >= 0.6 is 0 Å². The van der Waals surface area contributed by atoms with E-state index >= 15 is 0 Å². The summed E-state index contributed by atoms with van der Waals surface area (Å²) in [4.78, 5) is 0. The van der Waals surface area contributed by atoms with Crippen LogP contribution in [0.5, 0.6) is 0 Å². The molecule has 0 radical (unpaired) electrons. The molecule has 0 bridgehead atoms. The Hall–Kier alpha value is -0.0800. The van der Waals surface area contributed by atoms with Crippen LogP contribution in [0.2, 0.25) is 0 Å². The van der Waals surface area contributed by atoms with Gasteiger partial charge in [-0.25, -0.2) is 0 Å². The fourth-order valence-corrected chi connectivity index (χ4v) is 0.861. The summed E-state index contributed by atoms with van der Waals surface area (Å²) in [6, 6.07) is 0. The van der Waals surface area contributed by atoms with Crippen molar-refractivity contribution in [2.24, 2.45) is 0 Å². The highest BCUT2D eigenvalue weighted by molar-refractivity contribution is 4.57. The van der Waals surface area contributed by atoms with Gasteiger partial charge in [-0.2, -0.15) is 0 Å². The second-order valence-corrected chi connectivity index (χ2v) is 2.07. The monoisotopic (exact) mass is 116 g/mol. The second kappa shape index (κ2) is 3.05. The van der Waals surface area contributed by atoms with Gasteiger partial charge in [-0.1, -0.05) is 13.3 Å². The summed E-state index contributed by atoms with van der Waals surface area (Å²) in [6.45, 7) is 3.46. The molecule has 0 saturated carbocycles. The molecule has 0 aromatic heterocycles. The molecule has 1 unspecified atom stereocenters. The lowest BCUT2D eigenvalue weighted by atomic mass is 10.2. The zero-order chi connectivity index (χ0) is 5.82. The lowest BCUT2D eigenvalue weighted by Gasteiger charge is -2.01. The lowest BCUT2D eigenvalue weighted by Crippen LogP contribution is -2.07. The quantitative estimate of drug-likeness (QED) is 0.539. The Kier molecular flexibility index (Phi) is 2.30. The van der Waals surface area contributed by atoms with E-state index in [0.717, 1.165) is 13.0 Å². The molecule has 1 atom stereocenters. The number of ether oxygens (including phenoxy) is 2. The van der Waals surface area contributed by atoms with E-state index in [1.165, 1.54) is 6.42 Å². The summed E-state index contributed by atoms with van der Waals surface area (Å²) < 4.78 is 10.2. The summed E-state index contributed by atoms with van der Waals surface area (Å²) in [5.74, 6) is 0. The summed E-state index contributed by atoms with van der Waals surface area (Å²) in [5.41, 5.74) is 0. The summed E-state index contributed by atoms with van der Waals surface area (Å²) in [6.07, 6.45) is 2.72. The first kappa shape index (κ1) is 6.05. The fourth-order valence-electron chi connectivity index (χ4n) is 0.861. The molecule has 0 spiro atoms. The highest BCUT2D eigenvalue weighted by Crippen LogP contribution is 2.08. The van der Waals surface area contributed by atoms with Crippen molar-refractivity contribution >= 4 is 0 Å². The van der Waals surface area contributed by atoms with Crippen molar-refractivity contribution < 1.29 is 9.47 Å². The minimum absolute atomic E-state index is 0.389. The van der Waals surface area contributed by atoms with Crippen LogP contribution in [-0.2, 0) is 9.47 Å². The van der Waals surface area contributed by atoms with Gasteiger partial charge in [0.05, 0.1) is 12.7 Å². The zero-order valence-corrected chi connectivity index (χ0v) is 5.22. The first-order valence-corrected chi connectivity index (χ1v) is 3.13. The lowest BCUT2D eigenvalue weighted by molar-refractivity contribution is 0.0445. The molecule has 2 heteroatoms. The minimum atomic E-state index is 0.389. The topological polar surface area (TPSA) is 18.5 Å². The molecule has 8 heavy (non-hydrogen) atoms. The van der Waals surface area contributed by atoms with Crippen LogP contribution in [0.25, 0.3) is 0 Å². The van der Waals surface area contributed by atoms with Gasteiger partial charge in [0, 0.05) is 0 Å². The summed E-state index contributed by atoms with van der Waals surface area (Å²) in [5, 5.41) is 0. The predicted molar refractivity (Wildman–Crippen MR) is 30.6 cm³/mol. The largest absolute Gasteiger partial charge is 0.353 e. The molecule has 1 saturated heterocycles. The number of hydrogen-bond donors (Lipinski definition) is 0. The van der Waals surface area contributed by atoms with Crippen molar-refractivity contribution in [1.29, 1.82) is 0 Å². The minimum Gasteiger partial charge on any atom is -0.353 e. The molecular weight excluding hydrogens is 104 g/mol. The van der Waals surface area contributed by atoms with Crippen LogP contribution in [0.3, 0.4) is 0 Å². The van der Waals surface area contributed by atoms with E-state index in [4.69, 9.17) is 9.47 Å². The summed E-state index contributed by atoms with van der Waals surface area (Å²) in [7, 11) is 0. The Labute approximate surface area is 49.8 Å². The first-order valence-electron chi connectivity index (χ1n) is 3.13. The third-order valence-electron chi connectivity index (χ3n) is 1.30. The molecule has 1 aliphatic heterocycles. The van der Waals surface area contributed by atoms with Crippen molar-refractivity contribution in [3.63, 3.8) is 0 Å². The van der Waals surface area contributed by atoms with E-state index in [9.17, 15) is 0 Å². The Morgan fingerprint density at radius 2 is 2.50 bits per heavy atom. The van der Waals surface area contributed by atoms with Gasteiger partial charge < -0.3 is 9.47 Å². The van der Waals surface area contributed by atoms with Crippen LogP contribution < -0.4 is 0 Å². The van der Waals surface area contributed by atoms with Crippen LogP contribution in [0.1, 0.15) is 19.8 Å². The average Bonchev–Trinajstić information content (AvgIpc) is 2.19. The Balaban J connectivity index is 2.06. The molecule has 1 heterocycles. The van der Waals surface area contributed by atoms with Gasteiger partial charge in [-0.05, 0) is 6.42 Å². The van der Waals surface area contributed by atoms with E-state index in [1.54, 1.807) is 0 Å². The van der Waals surface area contributed by atoms with Crippen molar-refractivity contribution in [3.05, 3.63) is 0 Å². The van der Waals surface area contributed by atoms with E-state index in [-0.39, 0.29) is 0 Å². The molecule has 0 N–H and O–H groups in total. The standard InChI is InChI=1S/C6H12O2/c1-2-3-6-4-7-5-8-6/h6H,2-5H2,1H3. The highest BCUT2D eigenvalue weighted by atomic mass is 16.7. The Morgan fingerprint density at radius 1 is 1.62 bits per heavy atom. The maximum absolute atomic E-state index is 5.17. The van der Waals surface area contributed by atoms with Gasteiger partial charge in [0.25, 0.3) is 0 Å². The van der Waals surface area contributed by atoms with Gasteiger partial charge >= 0.3 is 0 Å². The van der Waals surface area contributed by atoms with Crippen LogP contribution in [0.15, 0.2) is 0 Å². The van der Waals surface area contributed by atoms with Gasteiger partial charge in [0.1, 0.15) is 6.79 Å². The second-order valence-electron chi connectivity index (χ2n) is 2.07. The zero-order valence-electron chi connectivity index (χ0n) is 5.22. The van der Waals surface area contributed by atoms with Gasteiger partial charge in [-0.15, -0.1) is 0 Å². The third kappa shape index (κ3) is 1.46. The van der Waals surface area contributed by atoms with Crippen LogP contribution in [0.4, 0.5) is 0 Å². The molecule has 48 valence electrons. The van der Waals surface area contributed by atoms with Gasteiger partial charge in [0.15, 0.2) is 0 Å². The molecule has 2 nitrogen and oxygen atoms in total. The Morgan fingerprint density at radius 3 is 3.00 bits per heavy atom. The normalized spacial score (nSPS) is 28.9. The molecule has 1 rings (SSSR count). The van der Waals surface area contributed by atoms with Gasteiger partial charge in [0.2, 0.25) is 0 Å². The summed E-state index contributed by atoms with van der Waals surface area (Å²) >= 11 is 0. The molecule has 0 aliphatic carbocycles.